The number of benzene rings is 1. The van der Waals surface area contributed by atoms with Crippen molar-refractivity contribution in [3.63, 3.8) is 0 Å². The van der Waals surface area contributed by atoms with Crippen LogP contribution in [0.5, 0.6) is 0 Å². The van der Waals surface area contributed by atoms with Crippen molar-refractivity contribution in [2.45, 2.75) is 6.10 Å². The number of carbonyl (C=O) groups excluding carboxylic acids is 1. The molecule has 2 N–H and O–H groups in total. The van der Waals surface area contributed by atoms with E-state index in [0.717, 1.165) is 0 Å². The molecule has 0 aliphatic rings. The normalized spacial score (nSPS) is 12.1. The molecule has 4 heteroatoms. The first-order valence-corrected chi connectivity index (χ1v) is 3.62. The van der Waals surface area contributed by atoms with E-state index >= 15 is 0 Å². The number of carboxylic acid groups (broad SMARTS) is 1. The molecule has 13 heavy (non-hydrogen) atoms. The van der Waals surface area contributed by atoms with E-state index in [0.29, 0.717) is 6.29 Å². The van der Waals surface area contributed by atoms with Gasteiger partial charge in [-0.1, -0.05) is 24.3 Å². The van der Waals surface area contributed by atoms with Gasteiger partial charge in [0.15, 0.2) is 6.10 Å². The van der Waals surface area contributed by atoms with E-state index in [1.165, 1.54) is 12.1 Å². The van der Waals surface area contributed by atoms with Crippen LogP contribution in [0.4, 0.5) is 0 Å². The van der Waals surface area contributed by atoms with E-state index in [-0.39, 0.29) is 11.1 Å². The van der Waals surface area contributed by atoms with E-state index < -0.39 is 12.1 Å². The molecule has 0 amide bonds. The van der Waals surface area contributed by atoms with Crippen LogP contribution in [-0.2, 0) is 4.79 Å². The average molecular weight is 180 g/mol. The fraction of sp³-hybridized carbons (Fsp3) is 0.111. The van der Waals surface area contributed by atoms with Gasteiger partial charge >= 0.3 is 5.97 Å². The SMILES string of the molecule is O=Cc1ccccc1C(O)C(=O)O. The fourth-order valence-electron chi connectivity index (χ4n) is 1.00. The Hall–Kier alpha value is -1.68. The molecule has 0 spiro atoms. The van der Waals surface area contributed by atoms with Crippen LogP contribution in [0.25, 0.3) is 0 Å². The van der Waals surface area contributed by atoms with E-state index in [1.54, 1.807) is 12.1 Å². The van der Waals surface area contributed by atoms with E-state index in [9.17, 15) is 9.59 Å². The maximum absolute atomic E-state index is 10.5. The highest BCUT2D eigenvalue weighted by molar-refractivity contribution is 5.82. The Morgan fingerprint density at radius 1 is 1.38 bits per heavy atom. The summed E-state index contributed by atoms with van der Waals surface area (Å²) in [5.41, 5.74) is 0.308. The molecule has 0 radical (unpaired) electrons. The maximum Gasteiger partial charge on any atom is 0.337 e. The van der Waals surface area contributed by atoms with Crippen LogP contribution in [-0.4, -0.2) is 22.5 Å². The Labute approximate surface area is 74.4 Å². The monoisotopic (exact) mass is 180 g/mol. The van der Waals surface area contributed by atoms with Crippen LogP contribution in [0.2, 0.25) is 0 Å². The summed E-state index contributed by atoms with van der Waals surface area (Å²) in [5, 5.41) is 17.6. The Balaban J connectivity index is 3.12. The van der Waals surface area contributed by atoms with Crippen molar-refractivity contribution in [3.8, 4) is 0 Å². The van der Waals surface area contributed by atoms with Gasteiger partial charge in [-0.05, 0) is 0 Å². The predicted molar refractivity (Wildman–Crippen MR) is 44.4 cm³/mol. The largest absolute Gasteiger partial charge is 0.479 e. The second-order valence-electron chi connectivity index (χ2n) is 2.49. The van der Waals surface area contributed by atoms with Gasteiger partial charge in [0, 0.05) is 11.1 Å². The molecular weight excluding hydrogens is 172 g/mol. The lowest BCUT2D eigenvalue weighted by Crippen LogP contribution is -2.12. The van der Waals surface area contributed by atoms with E-state index in [2.05, 4.69) is 0 Å². The fourth-order valence-corrected chi connectivity index (χ4v) is 1.00. The second kappa shape index (κ2) is 3.82. The minimum Gasteiger partial charge on any atom is -0.479 e. The molecule has 0 aliphatic heterocycles. The molecule has 0 bridgehead atoms. The van der Waals surface area contributed by atoms with Crippen molar-refractivity contribution in [3.05, 3.63) is 35.4 Å². The molecular formula is C9H8O4. The average Bonchev–Trinajstić information content (AvgIpc) is 2.16. The third-order valence-electron chi connectivity index (χ3n) is 1.65. The third-order valence-corrected chi connectivity index (χ3v) is 1.65. The Morgan fingerprint density at radius 2 is 2.00 bits per heavy atom. The zero-order valence-electron chi connectivity index (χ0n) is 6.68. The van der Waals surface area contributed by atoms with Crippen molar-refractivity contribution in [1.29, 1.82) is 0 Å². The van der Waals surface area contributed by atoms with Crippen LogP contribution in [0.1, 0.15) is 22.0 Å². The number of aliphatic hydroxyl groups is 1. The number of hydrogen-bond acceptors (Lipinski definition) is 3. The lowest BCUT2D eigenvalue weighted by atomic mass is 10.0. The van der Waals surface area contributed by atoms with Gasteiger partial charge in [0.2, 0.25) is 0 Å². The molecule has 1 unspecified atom stereocenters. The molecule has 1 aromatic carbocycles. The first kappa shape index (κ1) is 9.41. The summed E-state index contributed by atoms with van der Waals surface area (Å²) in [6.07, 6.45) is -1.12. The van der Waals surface area contributed by atoms with Gasteiger partial charge in [-0.3, -0.25) is 4.79 Å². The van der Waals surface area contributed by atoms with E-state index in [1.807, 2.05) is 0 Å². The summed E-state index contributed by atoms with van der Waals surface area (Å²) >= 11 is 0. The molecule has 0 fully saturated rings. The topological polar surface area (TPSA) is 74.6 Å². The Morgan fingerprint density at radius 3 is 2.54 bits per heavy atom. The van der Waals surface area contributed by atoms with Crippen molar-refractivity contribution in [2.75, 3.05) is 0 Å². The highest BCUT2D eigenvalue weighted by atomic mass is 16.4. The van der Waals surface area contributed by atoms with Crippen molar-refractivity contribution >= 4 is 12.3 Å². The van der Waals surface area contributed by atoms with Crippen molar-refractivity contribution < 1.29 is 19.8 Å². The quantitative estimate of drug-likeness (QED) is 0.668. The van der Waals surface area contributed by atoms with Crippen LogP contribution in [0.3, 0.4) is 0 Å². The van der Waals surface area contributed by atoms with Gasteiger partial charge < -0.3 is 10.2 Å². The molecule has 0 saturated heterocycles. The van der Waals surface area contributed by atoms with Gasteiger partial charge in [-0.25, -0.2) is 4.79 Å². The molecule has 0 aliphatic carbocycles. The minimum atomic E-state index is -1.64. The number of carbonyl (C=O) groups is 2. The number of carboxylic acids is 1. The van der Waals surface area contributed by atoms with Gasteiger partial charge in [0.05, 0.1) is 0 Å². The molecule has 0 aromatic heterocycles. The standard InChI is InChI=1S/C9H8O4/c10-5-6-3-1-2-4-7(6)8(11)9(12)13/h1-5,8,11H,(H,12,13). The van der Waals surface area contributed by atoms with Crippen LogP contribution in [0, 0.1) is 0 Å². The van der Waals surface area contributed by atoms with Gasteiger partial charge in [-0.2, -0.15) is 0 Å². The molecule has 4 nitrogen and oxygen atoms in total. The lowest BCUT2D eigenvalue weighted by molar-refractivity contribution is -0.146. The summed E-state index contributed by atoms with van der Waals surface area (Å²) in [6, 6.07) is 6.02. The van der Waals surface area contributed by atoms with Crippen LogP contribution < -0.4 is 0 Å². The smallest absolute Gasteiger partial charge is 0.337 e. The highest BCUT2D eigenvalue weighted by Gasteiger charge is 2.18. The number of hydrogen-bond donors (Lipinski definition) is 2. The van der Waals surface area contributed by atoms with Gasteiger partial charge in [0.25, 0.3) is 0 Å². The maximum atomic E-state index is 10.5. The van der Waals surface area contributed by atoms with Crippen LogP contribution in [0.15, 0.2) is 24.3 Å². The minimum absolute atomic E-state index is 0.116. The molecule has 1 rings (SSSR count). The molecule has 0 saturated carbocycles. The summed E-state index contributed by atoms with van der Waals surface area (Å²) < 4.78 is 0. The summed E-state index contributed by atoms with van der Waals surface area (Å²) in [6.45, 7) is 0. The number of aldehydes is 1. The number of rotatable bonds is 3. The first-order valence-electron chi connectivity index (χ1n) is 3.62. The van der Waals surface area contributed by atoms with Gasteiger partial charge in [-0.15, -0.1) is 0 Å². The number of aliphatic hydroxyl groups excluding tert-OH is 1. The Kier molecular flexibility index (Phi) is 2.76. The lowest BCUT2D eigenvalue weighted by Gasteiger charge is -2.07. The molecule has 1 aromatic rings. The molecule has 0 heterocycles. The molecule has 68 valence electrons. The molecule has 1 atom stereocenters. The van der Waals surface area contributed by atoms with Crippen molar-refractivity contribution in [2.24, 2.45) is 0 Å². The van der Waals surface area contributed by atoms with Crippen molar-refractivity contribution in [1.82, 2.24) is 0 Å². The summed E-state index contributed by atoms with van der Waals surface area (Å²) in [7, 11) is 0. The Bertz CT molecular complexity index is 332. The zero-order chi connectivity index (χ0) is 9.84. The first-order chi connectivity index (χ1) is 6.16. The second-order valence-corrected chi connectivity index (χ2v) is 2.49. The summed E-state index contributed by atoms with van der Waals surface area (Å²) in [5.74, 6) is -1.37. The third kappa shape index (κ3) is 1.91. The van der Waals surface area contributed by atoms with E-state index in [4.69, 9.17) is 10.2 Å². The number of aliphatic carboxylic acids is 1. The summed E-state index contributed by atoms with van der Waals surface area (Å²) in [4.78, 5) is 20.9. The zero-order valence-corrected chi connectivity index (χ0v) is 6.68. The predicted octanol–water partition coefficient (Wildman–Crippen LogP) is 0.617. The highest BCUT2D eigenvalue weighted by Crippen LogP contribution is 2.16. The van der Waals surface area contributed by atoms with Crippen LogP contribution >= 0.6 is 0 Å². The van der Waals surface area contributed by atoms with Gasteiger partial charge in [0.1, 0.15) is 6.29 Å².